The van der Waals surface area contributed by atoms with Crippen LogP contribution in [0.2, 0.25) is 0 Å². The molecule has 0 fully saturated rings. The van der Waals surface area contributed by atoms with Crippen molar-refractivity contribution >= 4 is 43.9 Å². The van der Waals surface area contributed by atoms with Crippen LogP contribution in [0.25, 0.3) is 10.2 Å². The predicted molar refractivity (Wildman–Crippen MR) is 91.9 cm³/mol. The average molecular weight is 348 g/mol. The summed E-state index contributed by atoms with van der Waals surface area (Å²) in [4.78, 5) is 16.3. The highest BCUT2D eigenvalue weighted by Gasteiger charge is 2.11. The second kappa shape index (κ2) is 7.12. The first-order chi connectivity index (χ1) is 11.1. The van der Waals surface area contributed by atoms with Crippen molar-refractivity contribution in [2.75, 3.05) is 11.9 Å². The zero-order chi connectivity index (χ0) is 16.2. The van der Waals surface area contributed by atoms with Gasteiger partial charge in [0.2, 0.25) is 5.13 Å². The molecule has 0 spiro atoms. The van der Waals surface area contributed by atoms with Gasteiger partial charge in [-0.15, -0.1) is 21.5 Å². The highest BCUT2D eigenvalue weighted by Crippen LogP contribution is 2.23. The number of para-hydroxylation sites is 1. The number of hydrogen-bond donors (Lipinski definition) is 1. The lowest BCUT2D eigenvalue weighted by Crippen LogP contribution is -2.18. The Kier molecular flexibility index (Phi) is 4.94. The maximum atomic E-state index is 11.8. The van der Waals surface area contributed by atoms with E-state index in [1.54, 1.807) is 11.3 Å². The number of aromatic nitrogens is 3. The van der Waals surface area contributed by atoms with Gasteiger partial charge in [-0.05, 0) is 12.1 Å². The molecule has 120 valence electrons. The number of nitrogens with zero attached hydrogens (tertiary/aromatic N) is 3. The molecule has 0 radical (unpaired) electrons. The fourth-order valence-electron chi connectivity index (χ4n) is 1.89. The smallest absolute Gasteiger partial charge is 0.252 e. The first-order valence-electron chi connectivity index (χ1n) is 7.17. The van der Waals surface area contributed by atoms with Crippen LogP contribution in [0.4, 0.5) is 5.13 Å². The maximum absolute atomic E-state index is 11.8. The number of hydrogen-bond acceptors (Lipinski definition) is 7. The van der Waals surface area contributed by atoms with Gasteiger partial charge in [0.25, 0.3) is 5.91 Å². The van der Waals surface area contributed by atoms with Gasteiger partial charge in [-0.25, -0.2) is 4.98 Å². The minimum Gasteiger partial charge on any atom is -0.364 e. The lowest BCUT2D eigenvalue weighted by molar-refractivity contribution is -0.121. The van der Waals surface area contributed by atoms with Gasteiger partial charge in [-0.1, -0.05) is 37.3 Å². The second-order valence-electron chi connectivity index (χ2n) is 5.22. The normalized spacial score (nSPS) is 11.3. The van der Waals surface area contributed by atoms with E-state index in [1.807, 2.05) is 38.1 Å². The zero-order valence-corrected chi connectivity index (χ0v) is 14.4. The number of fused-ring (bicyclic) bond motifs is 1. The summed E-state index contributed by atoms with van der Waals surface area (Å²) in [5.41, 5.74) is 0.954. The third-order valence-electron chi connectivity index (χ3n) is 2.98. The fraction of sp³-hybridized carbons (Fsp3) is 0.333. The summed E-state index contributed by atoms with van der Waals surface area (Å²) in [6, 6.07) is 7.91. The molecule has 23 heavy (non-hydrogen) atoms. The summed E-state index contributed by atoms with van der Waals surface area (Å²) in [5.74, 6) is 0.0611. The van der Waals surface area contributed by atoms with Crippen LogP contribution in [-0.2, 0) is 16.1 Å². The van der Waals surface area contributed by atoms with Crippen LogP contribution >= 0.6 is 22.7 Å². The van der Waals surface area contributed by atoms with E-state index in [-0.39, 0.29) is 12.5 Å². The van der Waals surface area contributed by atoms with Crippen molar-refractivity contribution in [1.82, 2.24) is 15.2 Å². The van der Waals surface area contributed by atoms with Crippen molar-refractivity contribution < 1.29 is 9.53 Å². The first kappa shape index (κ1) is 16.0. The highest BCUT2D eigenvalue weighted by atomic mass is 32.1. The Morgan fingerprint density at radius 2 is 2.09 bits per heavy atom. The number of rotatable bonds is 6. The first-order valence-corrected chi connectivity index (χ1v) is 8.80. The molecule has 0 aliphatic rings. The minimum absolute atomic E-state index is 0.0352. The molecule has 1 amide bonds. The summed E-state index contributed by atoms with van der Waals surface area (Å²) >= 11 is 2.95. The summed E-state index contributed by atoms with van der Waals surface area (Å²) in [7, 11) is 0. The largest absolute Gasteiger partial charge is 0.364 e. The van der Waals surface area contributed by atoms with Crippen molar-refractivity contribution in [1.29, 1.82) is 0 Å². The van der Waals surface area contributed by atoms with Crippen molar-refractivity contribution in [3.05, 3.63) is 34.3 Å². The van der Waals surface area contributed by atoms with Gasteiger partial charge >= 0.3 is 0 Å². The standard InChI is InChI=1S/C15H16N4O2S2/c1-9(2)14-18-19-15(23-14)17-12(20)7-21-8-13-16-10-5-3-4-6-11(10)22-13/h3-6,9H,7-8H2,1-2H3,(H,17,19,20). The molecule has 0 aliphatic carbocycles. The molecule has 0 unspecified atom stereocenters. The van der Waals surface area contributed by atoms with Crippen molar-refractivity contribution in [2.24, 2.45) is 0 Å². The fourth-order valence-corrected chi connectivity index (χ4v) is 3.55. The van der Waals surface area contributed by atoms with Crippen LogP contribution in [0.1, 0.15) is 29.8 Å². The summed E-state index contributed by atoms with van der Waals surface area (Å²) in [6.45, 7) is 4.35. The van der Waals surface area contributed by atoms with Gasteiger partial charge in [0.1, 0.15) is 16.6 Å². The Morgan fingerprint density at radius 3 is 2.83 bits per heavy atom. The van der Waals surface area contributed by atoms with Gasteiger partial charge in [-0.3, -0.25) is 10.1 Å². The van der Waals surface area contributed by atoms with Crippen molar-refractivity contribution in [2.45, 2.75) is 26.4 Å². The van der Waals surface area contributed by atoms with E-state index in [9.17, 15) is 4.79 Å². The molecule has 2 heterocycles. The van der Waals surface area contributed by atoms with Gasteiger partial charge in [0, 0.05) is 5.92 Å². The zero-order valence-electron chi connectivity index (χ0n) is 12.8. The number of anilines is 1. The molecular weight excluding hydrogens is 332 g/mol. The number of carbonyl (C=O) groups is 1. The van der Waals surface area contributed by atoms with Crippen LogP contribution < -0.4 is 5.32 Å². The van der Waals surface area contributed by atoms with Crippen LogP contribution in [0.15, 0.2) is 24.3 Å². The Balaban J connectivity index is 1.48. The SMILES string of the molecule is CC(C)c1nnc(NC(=O)COCc2nc3ccccc3s2)s1. The molecule has 8 heteroatoms. The van der Waals surface area contributed by atoms with Crippen LogP contribution in [0.5, 0.6) is 0 Å². The molecule has 6 nitrogen and oxygen atoms in total. The molecule has 1 aromatic carbocycles. The molecule has 3 aromatic rings. The number of carbonyl (C=O) groups excluding carboxylic acids is 1. The Labute approximate surface area is 141 Å². The molecule has 0 aliphatic heterocycles. The number of thiazole rings is 1. The Hall–Kier alpha value is -1.90. The van der Waals surface area contributed by atoms with Gasteiger partial charge in [-0.2, -0.15) is 0 Å². The molecule has 2 aromatic heterocycles. The molecule has 0 atom stereocenters. The molecule has 0 saturated heterocycles. The van der Waals surface area contributed by atoms with Gasteiger partial charge < -0.3 is 4.74 Å². The average Bonchev–Trinajstić information content (AvgIpc) is 3.13. The Bertz CT molecular complexity index is 780. The van der Waals surface area contributed by atoms with Gasteiger partial charge in [0.05, 0.1) is 16.8 Å². The van der Waals surface area contributed by atoms with E-state index in [2.05, 4.69) is 20.5 Å². The van der Waals surface area contributed by atoms with Crippen LogP contribution in [0, 0.1) is 0 Å². The lowest BCUT2D eigenvalue weighted by Gasteiger charge is -2.01. The van der Waals surface area contributed by atoms with E-state index in [1.165, 1.54) is 11.3 Å². The Morgan fingerprint density at radius 1 is 1.26 bits per heavy atom. The molecule has 0 bridgehead atoms. The van der Waals surface area contributed by atoms with Gasteiger partial charge in [0.15, 0.2) is 0 Å². The van der Waals surface area contributed by atoms with Crippen molar-refractivity contribution in [3.8, 4) is 0 Å². The number of nitrogens with one attached hydrogen (secondary N) is 1. The topological polar surface area (TPSA) is 77.0 Å². The molecule has 1 N–H and O–H groups in total. The van der Waals surface area contributed by atoms with E-state index >= 15 is 0 Å². The summed E-state index contributed by atoms with van der Waals surface area (Å²) in [5, 5.41) is 12.9. The van der Waals surface area contributed by atoms with E-state index < -0.39 is 0 Å². The highest BCUT2D eigenvalue weighted by molar-refractivity contribution is 7.18. The maximum Gasteiger partial charge on any atom is 0.252 e. The van der Waals surface area contributed by atoms with Crippen LogP contribution in [-0.4, -0.2) is 27.7 Å². The number of ether oxygens (including phenoxy) is 1. The second-order valence-corrected chi connectivity index (χ2v) is 7.34. The monoisotopic (exact) mass is 348 g/mol. The van der Waals surface area contributed by atoms with Crippen molar-refractivity contribution in [3.63, 3.8) is 0 Å². The number of benzene rings is 1. The molecular formula is C15H16N4O2S2. The number of amides is 1. The molecule has 3 rings (SSSR count). The van der Waals surface area contributed by atoms with E-state index in [0.717, 1.165) is 20.2 Å². The van der Waals surface area contributed by atoms with E-state index in [4.69, 9.17) is 4.74 Å². The van der Waals surface area contributed by atoms with Crippen LogP contribution in [0.3, 0.4) is 0 Å². The lowest BCUT2D eigenvalue weighted by atomic mass is 10.2. The summed E-state index contributed by atoms with van der Waals surface area (Å²) < 4.78 is 6.55. The molecule has 0 saturated carbocycles. The quantitative estimate of drug-likeness (QED) is 0.738. The third-order valence-corrected chi connectivity index (χ3v) is 5.13. The van der Waals surface area contributed by atoms with E-state index in [0.29, 0.717) is 17.7 Å². The summed E-state index contributed by atoms with van der Waals surface area (Å²) in [6.07, 6.45) is 0. The predicted octanol–water partition coefficient (Wildman–Crippen LogP) is 3.43. The third kappa shape index (κ3) is 4.10. The minimum atomic E-state index is -0.238.